The fourth-order valence-corrected chi connectivity index (χ4v) is 3.15. The predicted molar refractivity (Wildman–Crippen MR) is 79.4 cm³/mol. The molecule has 1 fully saturated rings. The normalized spacial score (nSPS) is 21.5. The zero-order valence-electron chi connectivity index (χ0n) is 11.9. The van der Waals surface area contributed by atoms with Gasteiger partial charge in [-0.15, -0.1) is 0 Å². The summed E-state index contributed by atoms with van der Waals surface area (Å²) in [5.41, 5.74) is 5.23. The first-order valence-corrected chi connectivity index (χ1v) is 7.48. The van der Waals surface area contributed by atoms with E-state index >= 15 is 0 Å². The van der Waals surface area contributed by atoms with Gasteiger partial charge in [0.05, 0.1) is 10.4 Å². The largest absolute Gasteiger partial charge is 0.392 e. The number of amides is 1. The first-order valence-electron chi connectivity index (χ1n) is 7.07. The van der Waals surface area contributed by atoms with Crippen molar-refractivity contribution in [1.29, 1.82) is 0 Å². The monoisotopic (exact) mass is 270 g/mol. The third-order valence-electron chi connectivity index (χ3n) is 4.39. The van der Waals surface area contributed by atoms with Crippen LogP contribution in [0, 0.1) is 11.3 Å². The van der Waals surface area contributed by atoms with Gasteiger partial charge in [-0.25, -0.2) is 0 Å². The average Bonchev–Trinajstić information content (AvgIpc) is 2.55. The third-order valence-corrected chi connectivity index (χ3v) is 4.78. The molecule has 0 saturated carbocycles. The molecule has 1 rings (SSSR count). The minimum absolute atomic E-state index is 0.147. The third kappa shape index (κ3) is 3.02. The van der Waals surface area contributed by atoms with Crippen molar-refractivity contribution in [2.45, 2.75) is 52.9 Å². The Morgan fingerprint density at radius 1 is 1.33 bits per heavy atom. The van der Waals surface area contributed by atoms with Crippen LogP contribution in [0.15, 0.2) is 0 Å². The molecule has 1 aliphatic heterocycles. The van der Waals surface area contributed by atoms with Crippen LogP contribution in [-0.2, 0) is 4.79 Å². The molecule has 0 spiro atoms. The van der Waals surface area contributed by atoms with Crippen LogP contribution in [0.3, 0.4) is 0 Å². The van der Waals surface area contributed by atoms with E-state index in [4.69, 9.17) is 18.0 Å². The van der Waals surface area contributed by atoms with Crippen molar-refractivity contribution in [2.24, 2.45) is 17.1 Å². The van der Waals surface area contributed by atoms with Gasteiger partial charge in [0.1, 0.15) is 0 Å². The minimum atomic E-state index is -0.622. The molecular weight excluding hydrogens is 244 g/mol. The lowest BCUT2D eigenvalue weighted by Crippen LogP contribution is -2.50. The van der Waals surface area contributed by atoms with Crippen molar-refractivity contribution in [3.8, 4) is 0 Å². The first kappa shape index (κ1) is 15.4. The smallest absolute Gasteiger partial charge is 0.235 e. The van der Waals surface area contributed by atoms with Crippen molar-refractivity contribution in [3.05, 3.63) is 0 Å². The maximum Gasteiger partial charge on any atom is 0.235 e. The van der Waals surface area contributed by atoms with Gasteiger partial charge in [0.15, 0.2) is 0 Å². The van der Waals surface area contributed by atoms with Gasteiger partial charge in [-0.2, -0.15) is 0 Å². The Morgan fingerprint density at radius 2 is 1.94 bits per heavy atom. The van der Waals surface area contributed by atoms with Crippen molar-refractivity contribution < 1.29 is 4.79 Å². The highest BCUT2D eigenvalue weighted by Gasteiger charge is 2.41. The molecule has 1 amide bonds. The summed E-state index contributed by atoms with van der Waals surface area (Å²) in [6.45, 7) is 7.97. The number of nitrogens with zero attached hydrogens (tertiary/aromatic N) is 1. The number of carbonyl (C=O) groups excluding carboxylic acids is 1. The lowest BCUT2D eigenvalue weighted by molar-refractivity contribution is -0.138. The van der Waals surface area contributed by atoms with E-state index in [1.807, 2.05) is 18.7 Å². The molecule has 1 atom stereocenters. The summed E-state index contributed by atoms with van der Waals surface area (Å²) in [4.78, 5) is 15.1. The van der Waals surface area contributed by atoms with Crippen molar-refractivity contribution in [3.63, 3.8) is 0 Å². The van der Waals surface area contributed by atoms with Gasteiger partial charge >= 0.3 is 0 Å². The number of carbonyl (C=O) groups is 1. The highest BCUT2D eigenvalue weighted by atomic mass is 32.1. The highest BCUT2D eigenvalue weighted by molar-refractivity contribution is 7.80. The van der Waals surface area contributed by atoms with E-state index in [1.165, 1.54) is 6.42 Å². The lowest BCUT2D eigenvalue weighted by Gasteiger charge is -2.35. The number of rotatable bonds is 4. The number of hydrogen-bond donors (Lipinski definition) is 1. The van der Waals surface area contributed by atoms with Crippen molar-refractivity contribution >= 4 is 23.1 Å². The molecule has 0 aromatic rings. The molecule has 1 aliphatic rings. The number of nitrogens with two attached hydrogens (primary N) is 1. The van der Waals surface area contributed by atoms with Crippen LogP contribution in [0.25, 0.3) is 0 Å². The second kappa shape index (κ2) is 6.50. The van der Waals surface area contributed by atoms with Crippen LogP contribution in [0.2, 0.25) is 0 Å². The van der Waals surface area contributed by atoms with Crippen LogP contribution in [0.4, 0.5) is 0 Å². The lowest BCUT2D eigenvalue weighted by atomic mass is 9.80. The van der Waals surface area contributed by atoms with E-state index in [2.05, 4.69) is 6.92 Å². The molecule has 18 heavy (non-hydrogen) atoms. The SMILES string of the molecule is CCC(CC)(C(=O)N1CCCC(C)CC1)C(N)=S. The maximum atomic E-state index is 12.7. The second-order valence-electron chi connectivity index (χ2n) is 5.48. The van der Waals surface area contributed by atoms with E-state index in [9.17, 15) is 4.79 Å². The molecule has 0 aliphatic carbocycles. The Bertz CT molecular complexity index is 313. The fourth-order valence-electron chi connectivity index (χ4n) is 2.78. The summed E-state index contributed by atoms with van der Waals surface area (Å²) >= 11 is 5.16. The zero-order chi connectivity index (χ0) is 13.8. The van der Waals surface area contributed by atoms with Crippen LogP contribution in [0.1, 0.15) is 52.9 Å². The molecule has 4 heteroatoms. The summed E-state index contributed by atoms with van der Waals surface area (Å²) < 4.78 is 0. The Balaban J connectivity index is 2.86. The molecule has 1 saturated heterocycles. The number of hydrogen-bond acceptors (Lipinski definition) is 2. The summed E-state index contributed by atoms with van der Waals surface area (Å²) in [6, 6.07) is 0. The minimum Gasteiger partial charge on any atom is -0.392 e. The summed E-state index contributed by atoms with van der Waals surface area (Å²) in [5, 5.41) is 0. The highest BCUT2D eigenvalue weighted by Crippen LogP contribution is 2.31. The van der Waals surface area contributed by atoms with Gasteiger partial charge in [0.25, 0.3) is 0 Å². The fraction of sp³-hybridized carbons (Fsp3) is 0.857. The predicted octanol–water partition coefficient (Wildman–Crippen LogP) is 2.73. The van der Waals surface area contributed by atoms with E-state index < -0.39 is 5.41 Å². The molecule has 0 radical (unpaired) electrons. The molecular formula is C14H26N2OS. The molecule has 2 N–H and O–H groups in total. The molecule has 1 unspecified atom stereocenters. The summed E-state index contributed by atoms with van der Waals surface area (Å²) in [6.07, 6.45) is 4.79. The molecule has 0 aromatic carbocycles. The van der Waals surface area contributed by atoms with Gasteiger partial charge < -0.3 is 10.6 Å². The number of likely N-dealkylation sites (tertiary alicyclic amines) is 1. The quantitative estimate of drug-likeness (QED) is 0.799. The summed E-state index contributed by atoms with van der Waals surface area (Å²) in [5.74, 6) is 0.861. The van der Waals surface area contributed by atoms with E-state index in [1.54, 1.807) is 0 Å². The van der Waals surface area contributed by atoms with Gasteiger partial charge in [0, 0.05) is 13.1 Å². The molecule has 0 bridgehead atoms. The van der Waals surface area contributed by atoms with Gasteiger partial charge in [0.2, 0.25) is 5.91 Å². The Labute approximate surface area is 116 Å². The Hall–Kier alpha value is -0.640. The molecule has 3 nitrogen and oxygen atoms in total. The average molecular weight is 270 g/mol. The maximum absolute atomic E-state index is 12.7. The van der Waals surface area contributed by atoms with Crippen LogP contribution in [0.5, 0.6) is 0 Å². The zero-order valence-corrected chi connectivity index (χ0v) is 12.7. The van der Waals surface area contributed by atoms with E-state index in [0.717, 1.165) is 25.9 Å². The molecule has 1 heterocycles. The van der Waals surface area contributed by atoms with Crippen molar-refractivity contribution in [1.82, 2.24) is 4.90 Å². The molecule has 0 aromatic heterocycles. The van der Waals surface area contributed by atoms with E-state index in [-0.39, 0.29) is 5.91 Å². The van der Waals surface area contributed by atoms with E-state index in [0.29, 0.717) is 23.7 Å². The Morgan fingerprint density at radius 3 is 2.44 bits per heavy atom. The van der Waals surface area contributed by atoms with Crippen LogP contribution >= 0.6 is 12.2 Å². The van der Waals surface area contributed by atoms with Crippen LogP contribution in [-0.4, -0.2) is 28.9 Å². The van der Waals surface area contributed by atoms with Crippen molar-refractivity contribution in [2.75, 3.05) is 13.1 Å². The van der Waals surface area contributed by atoms with Gasteiger partial charge in [-0.1, -0.05) is 33.0 Å². The standard InChI is InChI=1S/C14H26N2OS/c1-4-14(5-2,12(15)18)13(17)16-9-6-7-11(3)8-10-16/h11H,4-10H2,1-3H3,(H2,15,18). The number of thiocarbonyl (C=S) groups is 1. The second-order valence-corrected chi connectivity index (χ2v) is 5.92. The molecule has 104 valence electrons. The summed E-state index contributed by atoms with van der Waals surface area (Å²) in [7, 11) is 0. The van der Waals surface area contributed by atoms with Gasteiger partial charge in [-0.3, -0.25) is 4.79 Å². The Kier molecular flexibility index (Phi) is 5.57. The topological polar surface area (TPSA) is 46.3 Å². The van der Waals surface area contributed by atoms with Crippen LogP contribution < -0.4 is 5.73 Å². The first-order chi connectivity index (χ1) is 8.47. The van der Waals surface area contributed by atoms with Gasteiger partial charge in [-0.05, 0) is 38.0 Å².